The minimum absolute atomic E-state index is 0.0414. The molecule has 0 heterocycles. The molecule has 0 aliphatic heterocycles. The molecule has 0 bridgehead atoms. The number of nitrogens with one attached hydrogen (secondary N) is 1. The first-order valence-corrected chi connectivity index (χ1v) is 11.6. The van der Waals surface area contributed by atoms with Gasteiger partial charge >= 0.3 is 0 Å². The van der Waals surface area contributed by atoms with Crippen LogP contribution in [0.1, 0.15) is 12.5 Å². The number of sulfonamides is 1. The van der Waals surface area contributed by atoms with Crippen LogP contribution in [0.25, 0.3) is 0 Å². The third kappa shape index (κ3) is 6.17. The zero-order valence-corrected chi connectivity index (χ0v) is 19.3. The molecular formula is C20H23ClN4O6S. The summed E-state index contributed by atoms with van der Waals surface area (Å²) in [6, 6.07) is 10.8. The third-order valence-electron chi connectivity index (χ3n) is 4.72. The van der Waals surface area contributed by atoms with E-state index in [9.17, 15) is 28.1 Å². The van der Waals surface area contributed by atoms with Gasteiger partial charge in [0, 0.05) is 30.7 Å². The van der Waals surface area contributed by atoms with Gasteiger partial charge in [-0.1, -0.05) is 35.9 Å². The van der Waals surface area contributed by atoms with Gasteiger partial charge in [0.25, 0.3) is 5.69 Å². The molecule has 1 atom stereocenters. The number of amides is 2. The fourth-order valence-electron chi connectivity index (χ4n) is 2.98. The molecule has 0 spiro atoms. The van der Waals surface area contributed by atoms with E-state index in [0.717, 1.165) is 16.6 Å². The molecule has 0 saturated carbocycles. The first-order valence-electron chi connectivity index (χ1n) is 9.42. The van der Waals surface area contributed by atoms with Crippen molar-refractivity contribution in [3.05, 3.63) is 69.2 Å². The number of benzene rings is 2. The summed E-state index contributed by atoms with van der Waals surface area (Å²) < 4.78 is 25.6. The molecule has 0 saturated heterocycles. The number of carbonyl (C=O) groups excluding carboxylic acids is 2. The largest absolute Gasteiger partial charge is 0.357 e. The highest BCUT2D eigenvalue weighted by Crippen LogP contribution is 2.24. The normalized spacial score (nSPS) is 12.0. The minimum Gasteiger partial charge on any atom is -0.357 e. The highest BCUT2D eigenvalue weighted by Gasteiger charge is 2.30. The van der Waals surface area contributed by atoms with Crippen molar-refractivity contribution in [1.82, 2.24) is 10.2 Å². The Bertz CT molecular complexity index is 1120. The van der Waals surface area contributed by atoms with Gasteiger partial charge in [-0.05, 0) is 24.6 Å². The second kappa shape index (κ2) is 10.4. The van der Waals surface area contributed by atoms with Crippen LogP contribution in [0.2, 0.25) is 5.02 Å². The van der Waals surface area contributed by atoms with Gasteiger partial charge < -0.3 is 10.2 Å². The summed E-state index contributed by atoms with van der Waals surface area (Å²) in [6.45, 7) is 0.803. The summed E-state index contributed by atoms with van der Waals surface area (Å²) in [7, 11) is -2.57. The van der Waals surface area contributed by atoms with Gasteiger partial charge in [0.15, 0.2) is 0 Å². The molecule has 2 rings (SSSR count). The number of hydrogen-bond donors (Lipinski definition) is 1. The standard InChI is InChI=1S/C20H23ClN4O6S/c1-14(20(27)22-2)23(12-15-7-4-5-10-18(15)21)19(26)13-24(32(3,30)31)16-8-6-9-17(11-16)25(28)29/h4-11,14H,12-13H2,1-3H3,(H,22,27)/t14-/m1/s1. The van der Waals surface area contributed by atoms with Gasteiger partial charge in [0.1, 0.15) is 12.6 Å². The minimum atomic E-state index is -3.98. The lowest BCUT2D eigenvalue weighted by Gasteiger charge is -2.31. The van der Waals surface area contributed by atoms with E-state index in [1.807, 2.05) is 0 Å². The molecule has 0 fully saturated rings. The average Bonchev–Trinajstić information content (AvgIpc) is 2.74. The van der Waals surface area contributed by atoms with Crippen LogP contribution in [-0.2, 0) is 26.2 Å². The Labute approximate surface area is 191 Å². The van der Waals surface area contributed by atoms with Crippen LogP contribution >= 0.6 is 11.6 Å². The second-order valence-corrected chi connectivity index (χ2v) is 9.26. The summed E-state index contributed by atoms with van der Waals surface area (Å²) in [6.07, 6.45) is 0.889. The number of non-ortho nitro benzene ring substituents is 1. The van der Waals surface area contributed by atoms with Crippen LogP contribution in [0, 0.1) is 10.1 Å². The van der Waals surface area contributed by atoms with Crippen LogP contribution in [0.15, 0.2) is 48.5 Å². The quantitative estimate of drug-likeness (QED) is 0.430. The smallest absolute Gasteiger partial charge is 0.271 e. The Morgan fingerprint density at radius 2 is 1.84 bits per heavy atom. The molecule has 0 aromatic heterocycles. The second-order valence-electron chi connectivity index (χ2n) is 6.95. The summed E-state index contributed by atoms with van der Waals surface area (Å²) in [5.41, 5.74) is 0.204. The molecule has 12 heteroatoms. The lowest BCUT2D eigenvalue weighted by Crippen LogP contribution is -2.50. The molecule has 1 N–H and O–H groups in total. The molecule has 172 valence electrons. The van der Waals surface area contributed by atoms with Gasteiger partial charge in [0.2, 0.25) is 21.8 Å². The van der Waals surface area contributed by atoms with Crippen LogP contribution in [0.3, 0.4) is 0 Å². The van der Waals surface area contributed by atoms with E-state index in [4.69, 9.17) is 11.6 Å². The van der Waals surface area contributed by atoms with Gasteiger partial charge in [-0.3, -0.25) is 24.0 Å². The van der Waals surface area contributed by atoms with E-state index >= 15 is 0 Å². The van der Waals surface area contributed by atoms with Gasteiger partial charge in [-0.2, -0.15) is 0 Å². The van der Waals surface area contributed by atoms with Crippen LogP contribution in [0.5, 0.6) is 0 Å². The number of nitro benzene ring substituents is 1. The van der Waals surface area contributed by atoms with Gasteiger partial charge in [-0.25, -0.2) is 8.42 Å². The first kappa shape index (κ1) is 25.1. The Balaban J connectivity index is 2.43. The molecule has 0 radical (unpaired) electrons. The summed E-state index contributed by atoms with van der Waals surface area (Å²) in [5, 5.41) is 13.9. The number of rotatable bonds is 9. The number of hydrogen-bond acceptors (Lipinski definition) is 6. The molecular weight excluding hydrogens is 460 g/mol. The van der Waals surface area contributed by atoms with Gasteiger partial charge in [0.05, 0.1) is 16.9 Å². The molecule has 2 aromatic carbocycles. The number of carbonyl (C=O) groups is 2. The van der Waals surface area contributed by atoms with E-state index in [-0.39, 0.29) is 17.9 Å². The number of nitrogens with zero attached hydrogens (tertiary/aromatic N) is 3. The molecule has 2 amide bonds. The Hall–Kier alpha value is -3.18. The summed E-state index contributed by atoms with van der Waals surface area (Å²) in [5.74, 6) is -1.13. The molecule has 32 heavy (non-hydrogen) atoms. The molecule has 2 aromatic rings. The van der Waals surface area contributed by atoms with Crippen molar-refractivity contribution in [1.29, 1.82) is 0 Å². The highest BCUT2D eigenvalue weighted by atomic mass is 35.5. The monoisotopic (exact) mass is 482 g/mol. The number of likely N-dealkylation sites (N-methyl/N-ethyl adjacent to an activating group) is 1. The predicted octanol–water partition coefficient (Wildman–Crippen LogP) is 2.18. The maximum atomic E-state index is 13.2. The van der Waals surface area contributed by atoms with Crippen molar-refractivity contribution in [3.8, 4) is 0 Å². The van der Waals surface area contributed by atoms with Crippen molar-refractivity contribution < 1.29 is 22.9 Å². The number of nitro groups is 1. The summed E-state index contributed by atoms with van der Waals surface area (Å²) in [4.78, 5) is 37.1. The first-order chi connectivity index (χ1) is 15.0. The van der Waals surface area contributed by atoms with Crippen molar-refractivity contribution in [2.45, 2.75) is 19.5 Å². The third-order valence-corrected chi connectivity index (χ3v) is 6.23. The highest BCUT2D eigenvalue weighted by molar-refractivity contribution is 7.92. The van der Waals surface area contributed by atoms with Crippen molar-refractivity contribution in [3.63, 3.8) is 0 Å². The van der Waals surface area contributed by atoms with Crippen molar-refractivity contribution in [2.24, 2.45) is 0 Å². The maximum Gasteiger partial charge on any atom is 0.271 e. The fraction of sp³-hybridized carbons (Fsp3) is 0.300. The van der Waals surface area contributed by atoms with Crippen LogP contribution in [0.4, 0.5) is 11.4 Å². The van der Waals surface area contributed by atoms with E-state index < -0.39 is 39.3 Å². The molecule has 0 aliphatic rings. The molecule has 0 aliphatic carbocycles. The maximum absolute atomic E-state index is 13.2. The predicted molar refractivity (Wildman–Crippen MR) is 121 cm³/mol. The lowest BCUT2D eigenvalue weighted by molar-refractivity contribution is -0.384. The summed E-state index contributed by atoms with van der Waals surface area (Å²) >= 11 is 6.20. The number of anilines is 1. The van der Waals surface area contributed by atoms with E-state index in [0.29, 0.717) is 10.6 Å². The Kier molecular flexibility index (Phi) is 8.17. The SMILES string of the molecule is CNC(=O)[C@@H](C)N(Cc1ccccc1Cl)C(=O)CN(c1cccc([N+](=O)[O-])c1)S(C)(=O)=O. The Morgan fingerprint density at radius 1 is 1.19 bits per heavy atom. The van der Waals surface area contributed by atoms with E-state index in [1.165, 1.54) is 37.1 Å². The van der Waals surface area contributed by atoms with Crippen LogP contribution in [-0.4, -0.2) is 55.9 Å². The zero-order chi connectivity index (χ0) is 24.1. The average molecular weight is 483 g/mol. The van der Waals surface area contributed by atoms with E-state index in [2.05, 4.69) is 5.32 Å². The fourth-order valence-corrected chi connectivity index (χ4v) is 4.01. The number of halogens is 1. The van der Waals surface area contributed by atoms with Crippen molar-refractivity contribution >= 4 is 44.8 Å². The molecule has 0 unspecified atom stereocenters. The van der Waals surface area contributed by atoms with Gasteiger partial charge in [-0.15, -0.1) is 0 Å². The zero-order valence-electron chi connectivity index (χ0n) is 17.7. The van der Waals surface area contributed by atoms with E-state index in [1.54, 1.807) is 24.3 Å². The van der Waals surface area contributed by atoms with Crippen LogP contribution < -0.4 is 9.62 Å². The van der Waals surface area contributed by atoms with Crippen molar-refractivity contribution in [2.75, 3.05) is 24.2 Å². The Morgan fingerprint density at radius 3 is 2.41 bits per heavy atom. The molecule has 10 nitrogen and oxygen atoms in total. The topological polar surface area (TPSA) is 130 Å². The lowest BCUT2D eigenvalue weighted by atomic mass is 10.1.